The van der Waals surface area contributed by atoms with Gasteiger partial charge in [0.1, 0.15) is 5.75 Å². The van der Waals surface area contributed by atoms with Crippen LogP contribution in [0.4, 0.5) is 5.69 Å². The number of ketones is 1. The second-order valence-corrected chi connectivity index (χ2v) is 5.51. The van der Waals surface area contributed by atoms with Crippen LogP contribution < -0.4 is 0 Å². The van der Waals surface area contributed by atoms with Gasteiger partial charge in [0.25, 0.3) is 0 Å². The summed E-state index contributed by atoms with van der Waals surface area (Å²) in [6.45, 7) is 1.48. The maximum atomic E-state index is 11.3. The first kappa shape index (κ1) is 14.8. The second kappa shape index (κ2) is 6.20. The summed E-state index contributed by atoms with van der Waals surface area (Å²) in [4.78, 5) is 15.6. The van der Waals surface area contributed by atoms with Crippen molar-refractivity contribution in [3.05, 3.63) is 57.0 Å². The summed E-state index contributed by atoms with van der Waals surface area (Å²) in [7, 11) is 0. The van der Waals surface area contributed by atoms with E-state index in [9.17, 15) is 9.90 Å². The molecule has 0 radical (unpaired) electrons. The minimum atomic E-state index is -0.0524. The van der Waals surface area contributed by atoms with Gasteiger partial charge in [-0.1, -0.05) is 27.5 Å². The van der Waals surface area contributed by atoms with Crippen LogP contribution in [0.3, 0.4) is 0 Å². The van der Waals surface area contributed by atoms with Crippen molar-refractivity contribution in [2.24, 2.45) is 4.99 Å². The number of rotatable bonds is 3. The number of aromatic hydroxyl groups is 1. The first-order chi connectivity index (χ1) is 9.47. The first-order valence-electron chi connectivity index (χ1n) is 5.80. The largest absolute Gasteiger partial charge is 0.507 e. The van der Waals surface area contributed by atoms with E-state index in [1.807, 2.05) is 0 Å². The van der Waals surface area contributed by atoms with Gasteiger partial charge in [0.2, 0.25) is 0 Å². The minimum absolute atomic E-state index is 0.0524. The molecule has 2 aromatic carbocycles. The van der Waals surface area contributed by atoms with Crippen molar-refractivity contribution in [1.82, 2.24) is 0 Å². The number of benzene rings is 2. The molecule has 0 saturated carbocycles. The van der Waals surface area contributed by atoms with Crippen molar-refractivity contribution in [1.29, 1.82) is 0 Å². The molecule has 0 aliphatic rings. The van der Waals surface area contributed by atoms with Crippen molar-refractivity contribution >= 4 is 45.2 Å². The Morgan fingerprint density at radius 1 is 1.30 bits per heavy atom. The van der Waals surface area contributed by atoms with Crippen LogP contribution in [0.15, 0.2) is 45.9 Å². The molecule has 0 aliphatic heterocycles. The summed E-state index contributed by atoms with van der Waals surface area (Å²) in [5, 5.41) is 10.2. The maximum absolute atomic E-state index is 11.3. The molecule has 0 aliphatic carbocycles. The van der Waals surface area contributed by atoms with E-state index in [-0.39, 0.29) is 11.5 Å². The number of carbonyl (C=O) groups is 1. The molecule has 0 amide bonds. The normalized spacial score (nSPS) is 10.9. The van der Waals surface area contributed by atoms with Gasteiger partial charge in [0.05, 0.1) is 10.7 Å². The van der Waals surface area contributed by atoms with Crippen LogP contribution in [-0.4, -0.2) is 17.1 Å². The van der Waals surface area contributed by atoms with E-state index in [0.29, 0.717) is 21.8 Å². The molecule has 102 valence electrons. The van der Waals surface area contributed by atoms with Gasteiger partial charge in [-0.2, -0.15) is 0 Å². The van der Waals surface area contributed by atoms with Crippen LogP contribution in [0.1, 0.15) is 22.8 Å². The van der Waals surface area contributed by atoms with Gasteiger partial charge in [-0.15, -0.1) is 0 Å². The number of Topliss-reactive ketones (excluding diaryl/α,β-unsaturated/α-hetero) is 1. The number of hydrogen-bond acceptors (Lipinski definition) is 3. The number of phenols is 1. The average Bonchev–Trinajstić information content (AvgIpc) is 2.41. The number of halogens is 2. The van der Waals surface area contributed by atoms with Crippen LogP contribution in [0.25, 0.3) is 0 Å². The highest BCUT2D eigenvalue weighted by atomic mass is 79.9. The number of hydrogen-bond donors (Lipinski definition) is 1. The van der Waals surface area contributed by atoms with E-state index in [4.69, 9.17) is 11.6 Å². The van der Waals surface area contributed by atoms with Gasteiger partial charge in [-0.25, -0.2) is 0 Å². The zero-order valence-electron chi connectivity index (χ0n) is 10.6. The molecule has 0 fully saturated rings. The summed E-state index contributed by atoms with van der Waals surface area (Å²) in [5.41, 5.74) is 1.59. The predicted octanol–water partition coefficient (Wildman–Crippen LogP) is 4.76. The maximum Gasteiger partial charge on any atom is 0.159 e. The van der Waals surface area contributed by atoms with Crippen molar-refractivity contribution < 1.29 is 9.90 Å². The van der Waals surface area contributed by atoms with Crippen LogP contribution in [-0.2, 0) is 0 Å². The van der Waals surface area contributed by atoms with E-state index in [1.54, 1.807) is 36.4 Å². The van der Waals surface area contributed by atoms with Crippen molar-refractivity contribution in [3.63, 3.8) is 0 Å². The van der Waals surface area contributed by atoms with E-state index in [1.165, 1.54) is 13.1 Å². The molecule has 20 heavy (non-hydrogen) atoms. The van der Waals surface area contributed by atoms with E-state index >= 15 is 0 Å². The number of carbonyl (C=O) groups excluding carboxylic acids is 1. The fourth-order valence-electron chi connectivity index (χ4n) is 1.60. The molecule has 0 bridgehead atoms. The third kappa shape index (κ3) is 3.46. The lowest BCUT2D eigenvalue weighted by molar-refractivity contribution is 0.101. The number of aliphatic imine (C=N–C) groups is 1. The highest BCUT2D eigenvalue weighted by molar-refractivity contribution is 9.10. The Morgan fingerprint density at radius 2 is 2.05 bits per heavy atom. The third-order valence-corrected chi connectivity index (χ3v) is 3.50. The number of nitrogens with zero attached hydrogens (tertiary/aromatic N) is 1. The monoisotopic (exact) mass is 351 g/mol. The summed E-state index contributed by atoms with van der Waals surface area (Å²) in [6.07, 6.45) is 1.51. The minimum Gasteiger partial charge on any atom is -0.507 e. The van der Waals surface area contributed by atoms with Gasteiger partial charge in [0.15, 0.2) is 5.78 Å². The first-order valence-corrected chi connectivity index (χ1v) is 6.97. The lowest BCUT2D eigenvalue weighted by Crippen LogP contribution is -1.91. The molecule has 0 saturated heterocycles. The van der Waals surface area contributed by atoms with E-state index in [0.717, 1.165) is 4.47 Å². The SMILES string of the molecule is CC(=O)c1ccc(Cl)c(N=Cc2cc(Br)ccc2O)c1. The smallest absolute Gasteiger partial charge is 0.159 e. The molecule has 0 atom stereocenters. The van der Waals surface area contributed by atoms with Gasteiger partial charge in [0, 0.05) is 21.8 Å². The predicted molar refractivity (Wildman–Crippen MR) is 84.5 cm³/mol. The molecular formula is C15H11BrClNO2. The molecule has 2 rings (SSSR count). The fourth-order valence-corrected chi connectivity index (χ4v) is 2.14. The molecule has 0 aromatic heterocycles. The van der Waals surface area contributed by atoms with Crippen molar-refractivity contribution in [2.45, 2.75) is 6.92 Å². The van der Waals surface area contributed by atoms with Crippen LogP contribution in [0, 0.1) is 0 Å². The van der Waals surface area contributed by atoms with Gasteiger partial charge < -0.3 is 5.11 Å². The molecule has 5 heteroatoms. The molecule has 0 heterocycles. The Balaban J connectivity index is 2.38. The summed E-state index contributed by atoms with van der Waals surface area (Å²) in [5.74, 6) is 0.0687. The molecule has 3 nitrogen and oxygen atoms in total. The second-order valence-electron chi connectivity index (χ2n) is 4.18. The van der Waals surface area contributed by atoms with Crippen molar-refractivity contribution in [3.8, 4) is 5.75 Å². The molecule has 1 N–H and O–H groups in total. The Labute approximate surface area is 130 Å². The van der Waals surface area contributed by atoms with Crippen LogP contribution >= 0.6 is 27.5 Å². The average molecular weight is 353 g/mol. The lowest BCUT2D eigenvalue weighted by atomic mass is 10.1. The summed E-state index contributed by atoms with van der Waals surface area (Å²) < 4.78 is 0.834. The van der Waals surface area contributed by atoms with E-state index < -0.39 is 0 Å². The standard InChI is InChI=1S/C15H11BrClNO2/c1-9(19)10-2-4-13(17)14(7-10)18-8-11-6-12(16)3-5-15(11)20/h2-8,20H,1H3. The summed E-state index contributed by atoms with van der Waals surface area (Å²) >= 11 is 9.37. The zero-order chi connectivity index (χ0) is 14.7. The highest BCUT2D eigenvalue weighted by Gasteiger charge is 2.05. The Morgan fingerprint density at radius 3 is 2.75 bits per heavy atom. The molecule has 0 spiro atoms. The topological polar surface area (TPSA) is 49.7 Å². The van der Waals surface area contributed by atoms with E-state index in [2.05, 4.69) is 20.9 Å². The number of phenolic OH excluding ortho intramolecular Hbond substituents is 1. The molecule has 2 aromatic rings. The zero-order valence-corrected chi connectivity index (χ0v) is 12.9. The van der Waals surface area contributed by atoms with Gasteiger partial charge >= 0.3 is 0 Å². The summed E-state index contributed by atoms with van der Waals surface area (Å²) in [6, 6.07) is 9.94. The van der Waals surface area contributed by atoms with Crippen LogP contribution in [0.2, 0.25) is 5.02 Å². The molecule has 0 unspecified atom stereocenters. The Kier molecular flexibility index (Phi) is 4.57. The fraction of sp³-hybridized carbons (Fsp3) is 0.0667. The van der Waals surface area contributed by atoms with Gasteiger partial charge in [-0.05, 0) is 43.3 Å². The van der Waals surface area contributed by atoms with Crippen LogP contribution in [0.5, 0.6) is 5.75 Å². The lowest BCUT2D eigenvalue weighted by Gasteiger charge is -2.02. The molecular weight excluding hydrogens is 342 g/mol. The Hall–Kier alpha value is -1.65. The third-order valence-electron chi connectivity index (χ3n) is 2.68. The Bertz CT molecular complexity index is 698. The highest BCUT2D eigenvalue weighted by Crippen LogP contribution is 2.27. The van der Waals surface area contributed by atoms with Crippen molar-refractivity contribution in [2.75, 3.05) is 0 Å². The quantitative estimate of drug-likeness (QED) is 0.639. The van der Waals surface area contributed by atoms with Gasteiger partial charge in [-0.3, -0.25) is 9.79 Å².